The predicted octanol–water partition coefficient (Wildman–Crippen LogP) is 4.64. The number of fused-ring (bicyclic) bond motifs is 3. The molecule has 2 aliphatic heterocycles. The second kappa shape index (κ2) is 7.92. The monoisotopic (exact) mass is 422 g/mol. The van der Waals surface area contributed by atoms with Crippen molar-refractivity contribution >= 4 is 16.8 Å². The number of H-pyrrole nitrogens is 1. The maximum atomic E-state index is 13.5. The van der Waals surface area contributed by atoms with Gasteiger partial charge in [0.2, 0.25) is 0 Å². The van der Waals surface area contributed by atoms with Gasteiger partial charge in [-0.3, -0.25) is 14.7 Å². The molecule has 32 heavy (non-hydrogen) atoms. The molecule has 5 heteroatoms. The van der Waals surface area contributed by atoms with Gasteiger partial charge in [0.25, 0.3) is 5.91 Å². The average molecular weight is 423 g/mol. The smallest absolute Gasteiger partial charge is 0.257 e. The van der Waals surface area contributed by atoms with Crippen LogP contribution < -0.4 is 0 Å². The molecule has 0 spiro atoms. The van der Waals surface area contributed by atoms with Crippen LogP contribution in [-0.2, 0) is 0 Å². The fourth-order valence-corrected chi connectivity index (χ4v) is 5.64. The minimum Gasteiger partial charge on any atom is -0.360 e. The third-order valence-corrected chi connectivity index (χ3v) is 7.05. The van der Waals surface area contributed by atoms with Crippen LogP contribution in [0.4, 0.5) is 0 Å². The fraction of sp³-hybridized carbons (Fsp3) is 0.259. The van der Waals surface area contributed by atoms with Gasteiger partial charge in [-0.2, -0.15) is 0 Å². The van der Waals surface area contributed by atoms with Crippen LogP contribution in [0.3, 0.4) is 0 Å². The summed E-state index contributed by atoms with van der Waals surface area (Å²) in [4.78, 5) is 25.7. The number of amides is 1. The molecule has 2 fully saturated rings. The van der Waals surface area contributed by atoms with Crippen LogP contribution in [0.2, 0.25) is 0 Å². The minimum absolute atomic E-state index is 0.0815. The maximum Gasteiger partial charge on any atom is 0.257 e. The Morgan fingerprint density at radius 3 is 2.12 bits per heavy atom. The lowest BCUT2D eigenvalue weighted by atomic mass is 9.94. The van der Waals surface area contributed by atoms with Crippen molar-refractivity contribution in [3.05, 3.63) is 102 Å². The molecule has 4 aromatic rings. The Labute approximate surface area is 187 Å². The summed E-state index contributed by atoms with van der Waals surface area (Å²) < 4.78 is 0. The first-order valence-electron chi connectivity index (χ1n) is 11.4. The molecule has 1 N–H and O–H groups in total. The Kier molecular flexibility index (Phi) is 4.76. The van der Waals surface area contributed by atoms with Crippen LogP contribution in [0.25, 0.3) is 10.9 Å². The summed E-state index contributed by atoms with van der Waals surface area (Å²) in [6.07, 6.45) is 7.61. The van der Waals surface area contributed by atoms with Gasteiger partial charge in [-0.05, 0) is 30.0 Å². The van der Waals surface area contributed by atoms with Crippen molar-refractivity contribution in [3.63, 3.8) is 0 Å². The fourth-order valence-electron chi connectivity index (χ4n) is 5.64. The first-order valence-corrected chi connectivity index (χ1v) is 11.4. The number of likely N-dealkylation sites (tertiary alicyclic amines) is 1. The van der Waals surface area contributed by atoms with E-state index in [0.717, 1.165) is 36.8 Å². The van der Waals surface area contributed by atoms with Crippen molar-refractivity contribution in [2.75, 3.05) is 13.1 Å². The van der Waals surface area contributed by atoms with Gasteiger partial charge >= 0.3 is 0 Å². The van der Waals surface area contributed by atoms with E-state index in [1.165, 1.54) is 11.1 Å². The van der Waals surface area contributed by atoms with Crippen molar-refractivity contribution in [2.24, 2.45) is 0 Å². The normalized spacial score (nSPS) is 20.8. The molecule has 6 rings (SSSR count). The van der Waals surface area contributed by atoms with E-state index in [2.05, 4.69) is 75.5 Å². The quantitative estimate of drug-likeness (QED) is 0.521. The molecule has 0 aliphatic carbocycles. The summed E-state index contributed by atoms with van der Waals surface area (Å²) in [7, 11) is 0. The van der Waals surface area contributed by atoms with Gasteiger partial charge < -0.3 is 9.88 Å². The van der Waals surface area contributed by atoms with Gasteiger partial charge in [-0.15, -0.1) is 0 Å². The molecular formula is C27H26N4O. The maximum absolute atomic E-state index is 13.5. The first-order chi connectivity index (χ1) is 15.8. The molecule has 2 unspecified atom stereocenters. The summed E-state index contributed by atoms with van der Waals surface area (Å²) in [5.41, 5.74) is 4.18. The molecule has 2 aromatic heterocycles. The van der Waals surface area contributed by atoms with Crippen molar-refractivity contribution in [1.29, 1.82) is 0 Å². The van der Waals surface area contributed by atoms with Gasteiger partial charge in [-0.1, -0.05) is 60.7 Å². The molecule has 2 saturated heterocycles. The number of carbonyl (C=O) groups is 1. The van der Waals surface area contributed by atoms with E-state index in [-0.39, 0.29) is 11.9 Å². The number of benzene rings is 2. The Hall–Kier alpha value is -3.44. The van der Waals surface area contributed by atoms with Crippen molar-refractivity contribution in [2.45, 2.75) is 31.0 Å². The number of carbonyl (C=O) groups excluding carboxylic acids is 1. The number of nitrogens with one attached hydrogen (secondary N) is 1. The highest BCUT2D eigenvalue weighted by Crippen LogP contribution is 2.41. The number of aromatic amines is 1. The van der Waals surface area contributed by atoms with E-state index in [0.29, 0.717) is 17.6 Å². The third-order valence-electron chi connectivity index (χ3n) is 7.05. The molecule has 0 saturated carbocycles. The Bertz CT molecular complexity index is 1180. The molecular weight excluding hydrogens is 396 g/mol. The zero-order chi connectivity index (χ0) is 21.5. The van der Waals surface area contributed by atoms with Gasteiger partial charge in [0.05, 0.1) is 17.1 Å². The molecule has 160 valence electrons. The summed E-state index contributed by atoms with van der Waals surface area (Å²) in [5.74, 6) is 0.0815. The molecule has 1 amide bonds. The van der Waals surface area contributed by atoms with Crippen LogP contribution in [0.15, 0.2) is 85.3 Å². The van der Waals surface area contributed by atoms with Crippen molar-refractivity contribution in [1.82, 2.24) is 19.8 Å². The number of hydrogen-bond acceptors (Lipinski definition) is 3. The number of pyridine rings is 1. The largest absolute Gasteiger partial charge is 0.360 e. The van der Waals surface area contributed by atoms with Crippen LogP contribution in [0.1, 0.15) is 40.4 Å². The Morgan fingerprint density at radius 2 is 1.50 bits per heavy atom. The molecule has 4 heterocycles. The second-order valence-corrected chi connectivity index (χ2v) is 8.90. The number of rotatable bonds is 4. The molecule has 2 aliphatic rings. The summed E-state index contributed by atoms with van der Waals surface area (Å²) in [6.45, 7) is 1.51. The van der Waals surface area contributed by atoms with Gasteiger partial charge in [0.1, 0.15) is 0 Å². The summed E-state index contributed by atoms with van der Waals surface area (Å²) in [6, 6.07) is 24.4. The van der Waals surface area contributed by atoms with Crippen LogP contribution in [0, 0.1) is 0 Å². The highest BCUT2D eigenvalue weighted by atomic mass is 16.2. The predicted molar refractivity (Wildman–Crippen MR) is 125 cm³/mol. The van der Waals surface area contributed by atoms with Gasteiger partial charge in [0, 0.05) is 49.1 Å². The average Bonchev–Trinajstić information content (AvgIpc) is 3.42. The Morgan fingerprint density at radius 1 is 0.875 bits per heavy atom. The highest BCUT2D eigenvalue weighted by Gasteiger charge is 2.45. The zero-order valence-electron chi connectivity index (χ0n) is 17.9. The lowest BCUT2D eigenvalue weighted by molar-refractivity contribution is 0.0341. The molecule has 2 bridgehead atoms. The van der Waals surface area contributed by atoms with Crippen LogP contribution in [0.5, 0.6) is 0 Å². The molecule has 2 aromatic carbocycles. The van der Waals surface area contributed by atoms with E-state index in [4.69, 9.17) is 0 Å². The molecule has 5 nitrogen and oxygen atoms in total. The number of nitrogens with zero attached hydrogens (tertiary/aromatic N) is 3. The number of piperazine rings is 1. The highest BCUT2D eigenvalue weighted by molar-refractivity contribution is 6.05. The SMILES string of the molecule is O=C(c1cncc2cc[nH]c12)N1CC2CCC(C1)N2C(c1ccccc1)c1ccccc1. The third kappa shape index (κ3) is 3.21. The molecule has 0 radical (unpaired) electrons. The number of hydrogen-bond donors (Lipinski definition) is 1. The summed E-state index contributed by atoms with van der Waals surface area (Å²) in [5, 5.41) is 0.977. The number of aromatic nitrogens is 2. The standard InChI is InChI=1S/C27H26N4O/c32-27(24-16-28-15-21-13-14-29-25(21)24)30-17-22-11-12-23(18-30)31(22)26(19-7-3-1-4-8-19)20-9-5-2-6-10-20/h1-10,13-16,22-23,26,29H,11-12,17-18H2. The lowest BCUT2D eigenvalue weighted by Crippen LogP contribution is -2.56. The second-order valence-electron chi connectivity index (χ2n) is 8.90. The zero-order valence-corrected chi connectivity index (χ0v) is 17.9. The van der Waals surface area contributed by atoms with Crippen LogP contribution in [-0.4, -0.2) is 50.8 Å². The van der Waals surface area contributed by atoms with Crippen molar-refractivity contribution in [3.8, 4) is 0 Å². The van der Waals surface area contributed by atoms with E-state index in [1.54, 1.807) is 12.4 Å². The summed E-state index contributed by atoms with van der Waals surface area (Å²) >= 11 is 0. The van der Waals surface area contributed by atoms with Crippen molar-refractivity contribution < 1.29 is 4.79 Å². The van der Waals surface area contributed by atoms with E-state index in [9.17, 15) is 4.79 Å². The first kappa shape index (κ1) is 19.3. The van der Waals surface area contributed by atoms with E-state index < -0.39 is 0 Å². The lowest BCUT2D eigenvalue weighted by Gasteiger charge is -2.45. The van der Waals surface area contributed by atoms with Gasteiger partial charge in [0.15, 0.2) is 0 Å². The Balaban J connectivity index is 1.32. The topological polar surface area (TPSA) is 52.2 Å². The van der Waals surface area contributed by atoms with Gasteiger partial charge in [-0.25, -0.2) is 0 Å². The van der Waals surface area contributed by atoms with E-state index >= 15 is 0 Å². The van der Waals surface area contributed by atoms with E-state index in [1.807, 2.05) is 17.2 Å². The molecule has 2 atom stereocenters. The minimum atomic E-state index is 0.0815. The van der Waals surface area contributed by atoms with Crippen LogP contribution >= 0.6 is 0 Å².